The predicted octanol–water partition coefficient (Wildman–Crippen LogP) is 2.47. The van der Waals surface area contributed by atoms with Gasteiger partial charge in [-0.2, -0.15) is 0 Å². The number of aromatic nitrogens is 3. The molecule has 3 heterocycles. The average Bonchev–Trinajstić information content (AvgIpc) is 2.84. The number of carbonyl (C=O) groups excluding carboxylic acids is 1. The van der Waals surface area contributed by atoms with Gasteiger partial charge in [-0.3, -0.25) is 9.20 Å². The molecule has 3 aromatic rings. The SMILES string of the molecule is Nc1ncc(Br)cc1C(=O)Nc1cnc2ccc(F)cn12. The lowest BCUT2D eigenvalue weighted by atomic mass is 10.2. The lowest BCUT2D eigenvalue weighted by Crippen LogP contribution is -2.16. The van der Waals surface area contributed by atoms with E-state index in [2.05, 4.69) is 31.2 Å². The third kappa shape index (κ3) is 2.57. The molecule has 6 nitrogen and oxygen atoms in total. The fourth-order valence-electron chi connectivity index (χ4n) is 1.86. The molecule has 0 fully saturated rings. The second-order valence-corrected chi connectivity index (χ2v) is 5.18. The van der Waals surface area contributed by atoms with Crippen LogP contribution in [0.25, 0.3) is 5.65 Å². The molecule has 3 N–H and O–H groups in total. The van der Waals surface area contributed by atoms with Gasteiger partial charge in [0.1, 0.15) is 23.1 Å². The lowest BCUT2D eigenvalue weighted by Gasteiger charge is -2.07. The number of nitrogens with two attached hydrogens (primary N) is 1. The first-order chi connectivity index (χ1) is 10.0. The van der Waals surface area contributed by atoms with E-state index < -0.39 is 11.7 Å². The first kappa shape index (κ1) is 13.5. The van der Waals surface area contributed by atoms with Crippen molar-refractivity contribution in [3.8, 4) is 0 Å². The Labute approximate surface area is 126 Å². The normalized spacial score (nSPS) is 10.8. The summed E-state index contributed by atoms with van der Waals surface area (Å²) in [4.78, 5) is 20.2. The van der Waals surface area contributed by atoms with E-state index in [1.165, 1.54) is 35.1 Å². The quantitative estimate of drug-likeness (QED) is 0.744. The van der Waals surface area contributed by atoms with Crippen LogP contribution in [0, 0.1) is 5.82 Å². The van der Waals surface area contributed by atoms with Gasteiger partial charge in [-0.25, -0.2) is 14.4 Å². The number of anilines is 2. The summed E-state index contributed by atoms with van der Waals surface area (Å²) in [5, 5.41) is 2.63. The molecule has 1 amide bonds. The minimum absolute atomic E-state index is 0.107. The number of hydrogen-bond acceptors (Lipinski definition) is 4. The van der Waals surface area contributed by atoms with Crippen LogP contribution >= 0.6 is 15.9 Å². The first-order valence-corrected chi connectivity index (χ1v) is 6.69. The molecule has 0 atom stereocenters. The highest BCUT2D eigenvalue weighted by Gasteiger charge is 2.14. The third-order valence-electron chi connectivity index (χ3n) is 2.84. The van der Waals surface area contributed by atoms with E-state index in [0.717, 1.165) is 0 Å². The summed E-state index contributed by atoms with van der Waals surface area (Å²) in [6.45, 7) is 0. The molecule has 0 bridgehead atoms. The molecule has 21 heavy (non-hydrogen) atoms. The Morgan fingerprint density at radius 1 is 1.33 bits per heavy atom. The Hall–Kier alpha value is -2.48. The van der Waals surface area contributed by atoms with E-state index in [9.17, 15) is 9.18 Å². The number of hydrogen-bond donors (Lipinski definition) is 2. The molecule has 106 valence electrons. The second kappa shape index (κ2) is 5.13. The minimum atomic E-state index is -0.452. The Bertz CT molecular complexity index is 848. The molecule has 0 aliphatic rings. The maximum atomic E-state index is 13.3. The van der Waals surface area contributed by atoms with Crippen LogP contribution in [0.15, 0.2) is 41.3 Å². The maximum absolute atomic E-state index is 13.3. The Kier molecular flexibility index (Phi) is 3.30. The summed E-state index contributed by atoms with van der Waals surface area (Å²) >= 11 is 3.23. The number of carbonyl (C=O) groups is 1. The third-order valence-corrected chi connectivity index (χ3v) is 3.27. The predicted molar refractivity (Wildman–Crippen MR) is 79.5 cm³/mol. The molecule has 0 aromatic carbocycles. The van der Waals surface area contributed by atoms with Crippen LogP contribution in [-0.4, -0.2) is 20.3 Å². The van der Waals surface area contributed by atoms with E-state index >= 15 is 0 Å². The van der Waals surface area contributed by atoms with Crippen molar-refractivity contribution in [1.82, 2.24) is 14.4 Å². The maximum Gasteiger partial charge on any atom is 0.260 e. The van der Waals surface area contributed by atoms with Gasteiger partial charge in [0.25, 0.3) is 5.91 Å². The lowest BCUT2D eigenvalue weighted by molar-refractivity contribution is 0.102. The van der Waals surface area contributed by atoms with Crippen molar-refractivity contribution in [1.29, 1.82) is 0 Å². The van der Waals surface area contributed by atoms with Crippen LogP contribution in [0.4, 0.5) is 16.0 Å². The van der Waals surface area contributed by atoms with Crippen molar-refractivity contribution >= 4 is 39.1 Å². The van der Waals surface area contributed by atoms with E-state index in [1.54, 1.807) is 6.07 Å². The number of nitrogen functional groups attached to an aromatic ring is 1. The summed E-state index contributed by atoms with van der Waals surface area (Å²) in [5.74, 6) is -0.434. The summed E-state index contributed by atoms with van der Waals surface area (Å²) in [5.41, 5.74) is 6.42. The zero-order chi connectivity index (χ0) is 15.0. The smallest absolute Gasteiger partial charge is 0.260 e. The van der Waals surface area contributed by atoms with Gasteiger partial charge in [-0.1, -0.05) is 0 Å². The van der Waals surface area contributed by atoms with Crippen LogP contribution in [0.1, 0.15) is 10.4 Å². The standard InChI is InChI=1S/C13H9BrFN5O/c14-7-3-9(12(16)18-4-7)13(21)19-11-5-17-10-2-1-8(15)6-20(10)11/h1-6H,(H2,16,18)(H,19,21). The molecule has 8 heteroatoms. The van der Waals surface area contributed by atoms with Gasteiger partial charge >= 0.3 is 0 Å². The first-order valence-electron chi connectivity index (χ1n) is 5.89. The van der Waals surface area contributed by atoms with E-state index in [4.69, 9.17) is 5.73 Å². The van der Waals surface area contributed by atoms with Crippen molar-refractivity contribution in [2.24, 2.45) is 0 Å². The molecule has 0 saturated carbocycles. The van der Waals surface area contributed by atoms with Crippen molar-refractivity contribution in [3.63, 3.8) is 0 Å². The van der Waals surface area contributed by atoms with Crippen LogP contribution in [-0.2, 0) is 0 Å². The van der Waals surface area contributed by atoms with Crippen molar-refractivity contribution in [3.05, 3.63) is 52.6 Å². The fourth-order valence-corrected chi connectivity index (χ4v) is 2.19. The average molecular weight is 350 g/mol. The second-order valence-electron chi connectivity index (χ2n) is 4.26. The molecule has 0 radical (unpaired) electrons. The summed E-state index contributed by atoms with van der Waals surface area (Å²) in [7, 11) is 0. The zero-order valence-corrected chi connectivity index (χ0v) is 12.1. The number of rotatable bonds is 2. The van der Waals surface area contributed by atoms with E-state index in [0.29, 0.717) is 15.9 Å². The van der Waals surface area contributed by atoms with E-state index in [1.807, 2.05) is 0 Å². The highest BCUT2D eigenvalue weighted by atomic mass is 79.9. The van der Waals surface area contributed by atoms with Gasteiger partial charge < -0.3 is 11.1 Å². The fraction of sp³-hybridized carbons (Fsp3) is 0. The highest BCUT2D eigenvalue weighted by Crippen LogP contribution is 2.18. The Morgan fingerprint density at radius 2 is 2.14 bits per heavy atom. The molecule has 0 aliphatic heterocycles. The molecular weight excluding hydrogens is 341 g/mol. The van der Waals surface area contributed by atoms with Crippen LogP contribution < -0.4 is 11.1 Å². The zero-order valence-electron chi connectivity index (χ0n) is 10.5. The monoisotopic (exact) mass is 349 g/mol. The van der Waals surface area contributed by atoms with Gasteiger partial charge in [-0.05, 0) is 34.1 Å². The number of amides is 1. The van der Waals surface area contributed by atoms with Crippen molar-refractivity contribution in [2.45, 2.75) is 0 Å². The molecule has 3 aromatic heterocycles. The van der Waals surface area contributed by atoms with Gasteiger partial charge in [0.05, 0.1) is 11.8 Å². The van der Waals surface area contributed by atoms with Crippen molar-refractivity contribution in [2.75, 3.05) is 11.1 Å². The minimum Gasteiger partial charge on any atom is -0.383 e. The topological polar surface area (TPSA) is 85.3 Å². The molecule has 0 saturated heterocycles. The summed E-state index contributed by atoms with van der Waals surface area (Å²) < 4.78 is 15.3. The number of nitrogens with one attached hydrogen (secondary N) is 1. The molecule has 3 rings (SSSR count). The highest BCUT2D eigenvalue weighted by molar-refractivity contribution is 9.10. The number of pyridine rings is 2. The largest absolute Gasteiger partial charge is 0.383 e. The van der Waals surface area contributed by atoms with Crippen LogP contribution in [0.2, 0.25) is 0 Å². The summed E-state index contributed by atoms with van der Waals surface area (Å²) in [6, 6.07) is 4.37. The Balaban J connectivity index is 1.96. The van der Waals surface area contributed by atoms with Gasteiger partial charge in [0.15, 0.2) is 0 Å². The number of halogens is 2. The number of nitrogens with zero attached hydrogens (tertiary/aromatic N) is 3. The molecule has 0 spiro atoms. The van der Waals surface area contributed by atoms with Crippen LogP contribution in [0.3, 0.4) is 0 Å². The number of fused-ring (bicyclic) bond motifs is 1. The van der Waals surface area contributed by atoms with E-state index in [-0.39, 0.29) is 11.4 Å². The van der Waals surface area contributed by atoms with Crippen molar-refractivity contribution < 1.29 is 9.18 Å². The molecule has 0 unspecified atom stereocenters. The van der Waals surface area contributed by atoms with Crippen LogP contribution in [0.5, 0.6) is 0 Å². The summed E-state index contributed by atoms with van der Waals surface area (Å²) in [6.07, 6.45) is 4.17. The van der Waals surface area contributed by atoms with Gasteiger partial charge in [0, 0.05) is 16.9 Å². The molecular formula is C13H9BrFN5O. The van der Waals surface area contributed by atoms with Gasteiger partial charge in [-0.15, -0.1) is 0 Å². The Morgan fingerprint density at radius 3 is 2.95 bits per heavy atom. The molecule has 0 aliphatic carbocycles. The van der Waals surface area contributed by atoms with Gasteiger partial charge in [0.2, 0.25) is 0 Å². The number of imidazole rings is 1.